The highest BCUT2D eigenvalue weighted by Crippen LogP contribution is 2.29. The van der Waals surface area contributed by atoms with E-state index in [1.165, 1.54) is 24.8 Å². The van der Waals surface area contributed by atoms with Gasteiger partial charge < -0.3 is 5.73 Å². The molecule has 1 heterocycles. The molecule has 2 N–H and O–H groups in total. The quantitative estimate of drug-likeness (QED) is 0.817. The summed E-state index contributed by atoms with van der Waals surface area (Å²) in [6, 6.07) is 4.60. The maximum absolute atomic E-state index is 6.14. The average molecular weight is 204 g/mol. The van der Waals surface area contributed by atoms with Gasteiger partial charge in [0.1, 0.15) is 0 Å². The van der Waals surface area contributed by atoms with Crippen molar-refractivity contribution in [1.82, 2.24) is 4.98 Å². The molecule has 0 aromatic carbocycles. The predicted molar refractivity (Wildman–Crippen MR) is 62.6 cm³/mol. The van der Waals surface area contributed by atoms with Gasteiger partial charge in [-0.3, -0.25) is 4.98 Å². The van der Waals surface area contributed by atoms with Crippen molar-refractivity contribution in [2.45, 2.75) is 45.1 Å². The Bertz CT molecular complexity index is 301. The summed E-state index contributed by atoms with van der Waals surface area (Å²) in [6.45, 7) is 2.15. The van der Waals surface area contributed by atoms with E-state index in [1.54, 1.807) is 0 Å². The number of hydrogen-bond acceptors (Lipinski definition) is 2. The summed E-state index contributed by atoms with van der Waals surface area (Å²) in [5.41, 5.74) is 8.59. The van der Waals surface area contributed by atoms with Crippen molar-refractivity contribution in [3.63, 3.8) is 0 Å². The van der Waals surface area contributed by atoms with E-state index in [1.807, 2.05) is 6.20 Å². The van der Waals surface area contributed by atoms with Crippen LogP contribution in [0.15, 0.2) is 18.3 Å². The van der Waals surface area contributed by atoms with Crippen LogP contribution in [0.2, 0.25) is 0 Å². The van der Waals surface area contributed by atoms with Crippen molar-refractivity contribution in [3.05, 3.63) is 29.6 Å². The van der Waals surface area contributed by atoms with Crippen LogP contribution in [0.1, 0.15) is 37.4 Å². The van der Waals surface area contributed by atoms with E-state index in [9.17, 15) is 0 Å². The first-order valence-corrected chi connectivity index (χ1v) is 5.99. The van der Waals surface area contributed by atoms with Crippen LogP contribution in [0.3, 0.4) is 0 Å². The van der Waals surface area contributed by atoms with Crippen molar-refractivity contribution in [2.75, 3.05) is 0 Å². The van der Waals surface area contributed by atoms with Crippen LogP contribution in [0.5, 0.6) is 0 Å². The minimum absolute atomic E-state index is 0.318. The van der Waals surface area contributed by atoms with Gasteiger partial charge in [0.05, 0.1) is 0 Å². The smallest absolute Gasteiger partial charge is 0.0419 e. The summed E-state index contributed by atoms with van der Waals surface area (Å²) in [5, 5.41) is 0. The van der Waals surface area contributed by atoms with Crippen LogP contribution in [0, 0.1) is 5.92 Å². The Labute approximate surface area is 91.9 Å². The summed E-state index contributed by atoms with van der Waals surface area (Å²) < 4.78 is 0. The molecule has 82 valence electrons. The first kappa shape index (κ1) is 10.6. The Balaban J connectivity index is 1.91. The zero-order valence-electron chi connectivity index (χ0n) is 9.45. The first-order valence-electron chi connectivity index (χ1n) is 5.99. The van der Waals surface area contributed by atoms with E-state index in [0.717, 1.165) is 24.5 Å². The molecule has 0 spiro atoms. The molecule has 15 heavy (non-hydrogen) atoms. The van der Waals surface area contributed by atoms with Gasteiger partial charge in [0.2, 0.25) is 0 Å². The van der Waals surface area contributed by atoms with Gasteiger partial charge in [-0.1, -0.05) is 19.4 Å². The molecule has 1 fully saturated rings. The largest absolute Gasteiger partial charge is 0.327 e. The Hall–Kier alpha value is -0.890. The summed E-state index contributed by atoms with van der Waals surface area (Å²) in [5.74, 6) is 0.748. The van der Waals surface area contributed by atoms with Crippen LogP contribution in [-0.4, -0.2) is 11.0 Å². The van der Waals surface area contributed by atoms with Crippen LogP contribution >= 0.6 is 0 Å². The van der Waals surface area contributed by atoms with Gasteiger partial charge in [-0.15, -0.1) is 0 Å². The number of nitrogens with two attached hydrogens (primary N) is 1. The van der Waals surface area contributed by atoms with Gasteiger partial charge in [0.15, 0.2) is 0 Å². The van der Waals surface area contributed by atoms with Gasteiger partial charge in [0.25, 0.3) is 0 Å². The normalized spacial score (nSPS) is 18.5. The molecule has 0 amide bonds. The minimum atomic E-state index is 0.318. The Morgan fingerprint density at radius 1 is 1.47 bits per heavy atom. The molecule has 1 aliphatic rings. The van der Waals surface area contributed by atoms with E-state index in [-0.39, 0.29) is 0 Å². The molecule has 1 aromatic heterocycles. The molecular formula is C13H20N2. The van der Waals surface area contributed by atoms with Gasteiger partial charge in [-0.2, -0.15) is 0 Å². The van der Waals surface area contributed by atoms with Crippen LogP contribution in [0.25, 0.3) is 0 Å². The first-order chi connectivity index (χ1) is 7.29. The van der Waals surface area contributed by atoms with Crippen molar-refractivity contribution >= 4 is 0 Å². The Morgan fingerprint density at radius 2 is 2.27 bits per heavy atom. The predicted octanol–water partition coefficient (Wildman–Crippen LogP) is 2.31. The number of aryl methyl sites for hydroxylation is 1. The number of nitrogens with zero attached hydrogens (tertiary/aromatic N) is 1. The number of pyridine rings is 1. The van der Waals surface area contributed by atoms with E-state index >= 15 is 0 Å². The van der Waals surface area contributed by atoms with E-state index in [2.05, 4.69) is 24.0 Å². The molecule has 0 radical (unpaired) electrons. The third-order valence-electron chi connectivity index (χ3n) is 3.49. The van der Waals surface area contributed by atoms with E-state index < -0.39 is 0 Å². The zero-order chi connectivity index (χ0) is 10.7. The monoisotopic (exact) mass is 204 g/mol. The molecule has 2 heteroatoms. The third kappa shape index (κ3) is 2.57. The Morgan fingerprint density at radius 3 is 2.73 bits per heavy atom. The SMILES string of the molecule is CCc1ccc(CC(N)C2CCC2)nc1. The molecular weight excluding hydrogens is 184 g/mol. The minimum Gasteiger partial charge on any atom is -0.327 e. The molecule has 0 aliphatic heterocycles. The zero-order valence-corrected chi connectivity index (χ0v) is 9.45. The third-order valence-corrected chi connectivity index (χ3v) is 3.49. The average Bonchev–Trinajstić information content (AvgIpc) is 2.16. The second-order valence-corrected chi connectivity index (χ2v) is 4.57. The molecule has 1 saturated carbocycles. The highest BCUT2D eigenvalue weighted by atomic mass is 14.7. The van der Waals surface area contributed by atoms with Crippen LogP contribution in [0.4, 0.5) is 0 Å². The number of aromatic nitrogens is 1. The summed E-state index contributed by atoms with van der Waals surface area (Å²) in [7, 11) is 0. The van der Waals surface area contributed by atoms with Crippen molar-refractivity contribution < 1.29 is 0 Å². The molecule has 1 unspecified atom stereocenters. The van der Waals surface area contributed by atoms with Crippen LogP contribution in [-0.2, 0) is 12.8 Å². The van der Waals surface area contributed by atoms with Crippen molar-refractivity contribution in [1.29, 1.82) is 0 Å². The lowest BCUT2D eigenvalue weighted by atomic mass is 9.78. The van der Waals surface area contributed by atoms with E-state index in [0.29, 0.717) is 6.04 Å². The van der Waals surface area contributed by atoms with Gasteiger partial charge in [-0.25, -0.2) is 0 Å². The summed E-state index contributed by atoms with van der Waals surface area (Å²) in [4.78, 5) is 4.45. The summed E-state index contributed by atoms with van der Waals surface area (Å²) in [6.07, 6.45) is 7.96. The fourth-order valence-electron chi connectivity index (χ4n) is 2.06. The number of hydrogen-bond donors (Lipinski definition) is 1. The number of rotatable bonds is 4. The van der Waals surface area contributed by atoms with Gasteiger partial charge in [0, 0.05) is 24.4 Å². The lowest BCUT2D eigenvalue weighted by Gasteiger charge is -2.31. The molecule has 1 atom stereocenters. The maximum atomic E-state index is 6.14. The highest BCUT2D eigenvalue weighted by Gasteiger charge is 2.24. The molecule has 0 bridgehead atoms. The van der Waals surface area contributed by atoms with Gasteiger partial charge in [-0.05, 0) is 36.8 Å². The molecule has 2 rings (SSSR count). The Kier molecular flexibility index (Phi) is 3.37. The molecule has 1 aliphatic carbocycles. The van der Waals surface area contributed by atoms with Crippen molar-refractivity contribution in [3.8, 4) is 0 Å². The highest BCUT2D eigenvalue weighted by molar-refractivity contribution is 5.14. The maximum Gasteiger partial charge on any atom is 0.0419 e. The molecule has 2 nitrogen and oxygen atoms in total. The topological polar surface area (TPSA) is 38.9 Å². The fraction of sp³-hybridized carbons (Fsp3) is 0.615. The molecule has 1 aromatic rings. The second-order valence-electron chi connectivity index (χ2n) is 4.57. The second kappa shape index (κ2) is 4.75. The fourth-order valence-corrected chi connectivity index (χ4v) is 2.06. The van der Waals surface area contributed by atoms with Crippen molar-refractivity contribution in [2.24, 2.45) is 11.7 Å². The van der Waals surface area contributed by atoms with Gasteiger partial charge >= 0.3 is 0 Å². The summed E-state index contributed by atoms with van der Waals surface area (Å²) >= 11 is 0. The standard InChI is InChI=1S/C13H20N2/c1-2-10-6-7-12(15-9-10)8-13(14)11-4-3-5-11/h6-7,9,11,13H,2-5,8,14H2,1H3. The lowest BCUT2D eigenvalue weighted by molar-refractivity contribution is 0.259. The lowest BCUT2D eigenvalue weighted by Crippen LogP contribution is -2.36. The molecule has 0 saturated heterocycles. The van der Waals surface area contributed by atoms with Crippen LogP contribution < -0.4 is 5.73 Å². The van der Waals surface area contributed by atoms with E-state index in [4.69, 9.17) is 5.73 Å².